The van der Waals surface area contributed by atoms with E-state index < -0.39 is 10.0 Å². The van der Waals surface area contributed by atoms with Gasteiger partial charge in [0.2, 0.25) is 5.88 Å². The monoisotopic (exact) mass is 311 g/mol. The molecule has 1 heterocycles. The summed E-state index contributed by atoms with van der Waals surface area (Å²) in [5, 5.41) is 3.80. The summed E-state index contributed by atoms with van der Waals surface area (Å²) in [7, 11) is -3.77. The Morgan fingerprint density at radius 2 is 2.19 bits per heavy atom. The lowest BCUT2D eigenvalue weighted by molar-refractivity contribution is 0.128. The highest BCUT2D eigenvalue weighted by Crippen LogP contribution is 2.23. The molecular weight excluding hydrogens is 294 g/mol. The summed E-state index contributed by atoms with van der Waals surface area (Å²) in [4.78, 5) is 0.0599. The van der Waals surface area contributed by atoms with Gasteiger partial charge in [-0.25, -0.2) is 13.1 Å². The molecule has 7 nitrogen and oxygen atoms in total. The van der Waals surface area contributed by atoms with Crippen molar-refractivity contribution < 1.29 is 17.7 Å². The minimum atomic E-state index is -3.77. The van der Waals surface area contributed by atoms with Crippen molar-refractivity contribution in [3.05, 3.63) is 35.5 Å². The Bertz CT molecular complexity index is 725. The van der Waals surface area contributed by atoms with Gasteiger partial charge in [0.25, 0.3) is 10.0 Å². The minimum Gasteiger partial charge on any atom is -0.399 e. The number of rotatable bonds is 6. The second-order valence-corrected chi connectivity index (χ2v) is 6.08. The molecule has 8 heteroatoms. The highest BCUT2D eigenvalue weighted by molar-refractivity contribution is 7.92. The Hall–Kier alpha value is -2.06. The van der Waals surface area contributed by atoms with Gasteiger partial charge < -0.3 is 15.0 Å². The van der Waals surface area contributed by atoms with Crippen LogP contribution in [0.4, 0.5) is 11.6 Å². The van der Waals surface area contributed by atoms with Crippen LogP contribution in [0.2, 0.25) is 0 Å². The van der Waals surface area contributed by atoms with Crippen LogP contribution in [0, 0.1) is 6.92 Å². The average molecular weight is 311 g/mol. The predicted molar refractivity (Wildman–Crippen MR) is 78.2 cm³/mol. The van der Waals surface area contributed by atoms with E-state index in [-0.39, 0.29) is 17.4 Å². The Kier molecular flexibility index (Phi) is 4.49. The predicted octanol–water partition coefficient (Wildman–Crippen LogP) is 1.90. The van der Waals surface area contributed by atoms with E-state index in [0.29, 0.717) is 23.6 Å². The largest absolute Gasteiger partial charge is 0.399 e. The van der Waals surface area contributed by atoms with Crippen LogP contribution in [-0.2, 0) is 21.4 Å². The van der Waals surface area contributed by atoms with E-state index in [9.17, 15) is 8.42 Å². The van der Waals surface area contributed by atoms with Crippen molar-refractivity contribution in [2.45, 2.75) is 25.3 Å². The second kappa shape index (κ2) is 6.15. The molecule has 0 atom stereocenters. The Morgan fingerprint density at radius 3 is 2.86 bits per heavy atom. The van der Waals surface area contributed by atoms with Crippen LogP contribution < -0.4 is 10.5 Å². The first-order chi connectivity index (χ1) is 9.94. The van der Waals surface area contributed by atoms with E-state index in [1.54, 1.807) is 19.1 Å². The lowest BCUT2D eigenvalue weighted by atomic mass is 10.3. The summed E-state index contributed by atoms with van der Waals surface area (Å²) in [5.41, 5.74) is 7.11. The van der Waals surface area contributed by atoms with Crippen molar-refractivity contribution in [3.8, 4) is 0 Å². The molecule has 2 aromatic rings. The second-order valence-electron chi connectivity index (χ2n) is 4.40. The number of hydrogen-bond donors (Lipinski definition) is 2. The number of sulfonamides is 1. The summed E-state index contributed by atoms with van der Waals surface area (Å²) in [6.45, 7) is 4.38. The maximum atomic E-state index is 12.2. The summed E-state index contributed by atoms with van der Waals surface area (Å²) < 4.78 is 37.1. The van der Waals surface area contributed by atoms with Gasteiger partial charge in [-0.15, -0.1) is 0 Å². The summed E-state index contributed by atoms with van der Waals surface area (Å²) in [6.07, 6.45) is 0. The SMILES string of the molecule is CCOCc1noc(NS(=O)(=O)c2cccc(N)c2)c1C. The number of benzene rings is 1. The molecule has 0 spiro atoms. The summed E-state index contributed by atoms with van der Waals surface area (Å²) in [5.74, 6) is 0.0760. The number of nitrogen functional groups attached to an aromatic ring is 1. The number of nitrogens with one attached hydrogen (secondary N) is 1. The standard InChI is InChI=1S/C13H17N3O4S/c1-3-19-8-12-9(2)13(20-15-12)16-21(17,18)11-6-4-5-10(14)7-11/h4-7,16H,3,8,14H2,1-2H3. The van der Waals surface area contributed by atoms with Crippen LogP contribution >= 0.6 is 0 Å². The number of hydrogen-bond acceptors (Lipinski definition) is 6. The van der Waals surface area contributed by atoms with Crippen LogP contribution in [0.5, 0.6) is 0 Å². The maximum Gasteiger partial charge on any atom is 0.264 e. The topological polar surface area (TPSA) is 107 Å². The van der Waals surface area contributed by atoms with Crippen molar-refractivity contribution in [1.82, 2.24) is 5.16 Å². The number of ether oxygens (including phenoxy) is 1. The zero-order valence-corrected chi connectivity index (χ0v) is 12.6. The zero-order chi connectivity index (χ0) is 15.5. The van der Waals surface area contributed by atoms with Crippen LogP contribution in [0.15, 0.2) is 33.7 Å². The first-order valence-electron chi connectivity index (χ1n) is 6.35. The van der Waals surface area contributed by atoms with Gasteiger partial charge in [0, 0.05) is 17.9 Å². The van der Waals surface area contributed by atoms with Crippen molar-refractivity contribution in [2.75, 3.05) is 17.1 Å². The van der Waals surface area contributed by atoms with Crippen LogP contribution in [-0.4, -0.2) is 20.2 Å². The molecule has 0 fully saturated rings. The number of nitrogens with two attached hydrogens (primary N) is 1. The van der Waals surface area contributed by atoms with Gasteiger partial charge in [-0.2, -0.15) is 0 Å². The minimum absolute atomic E-state index is 0.0599. The maximum absolute atomic E-state index is 12.2. The average Bonchev–Trinajstić information content (AvgIpc) is 2.77. The third-order valence-electron chi connectivity index (χ3n) is 2.86. The van der Waals surface area contributed by atoms with Crippen molar-refractivity contribution in [3.63, 3.8) is 0 Å². The lowest BCUT2D eigenvalue weighted by Crippen LogP contribution is -2.13. The highest BCUT2D eigenvalue weighted by Gasteiger charge is 2.20. The molecule has 3 N–H and O–H groups in total. The summed E-state index contributed by atoms with van der Waals surface area (Å²) in [6, 6.07) is 6.00. The molecule has 0 unspecified atom stereocenters. The third kappa shape index (κ3) is 3.53. The van der Waals surface area contributed by atoms with Crippen LogP contribution in [0.1, 0.15) is 18.2 Å². The first-order valence-corrected chi connectivity index (χ1v) is 7.83. The molecule has 21 heavy (non-hydrogen) atoms. The fourth-order valence-corrected chi connectivity index (χ4v) is 2.76. The molecule has 1 aromatic carbocycles. The molecule has 114 valence electrons. The molecule has 0 amide bonds. The van der Waals surface area contributed by atoms with E-state index in [1.165, 1.54) is 12.1 Å². The van der Waals surface area contributed by atoms with Gasteiger partial charge in [0.15, 0.2) is 0 Å². The van der Waals surface area contributed by atoms with E-state index >= 15 is 0 Å². The van der Waals surface area contributed by atoms with E-state index in [1.807, 2.05) is 6.92 Å². The molecule has 0 saturated heterocycles. The van der Waals surface area contributed by atoms with Gasteiger partial charge in [0.05, 0.1) is 11.5 Å². The summed E-state index contributed by atoms with van der Waals surface area (Å²) >= 11 is 0. The highest BCUT2D eigenvalue weighted by atomic mass is 32.2. The first kappa shape index (κ1) is 15.3. The molecule has 0 aliphatic carbocycles. The molecule has 0 radical (unpaired) electrons. The molecule has 0 aliphatic rings. The van der Waals surface area contributed by atoms with E-state index in [2.05, 4.69) is 9.88 Å². The quantitative estimate of drug-likeness (QED) is 0.789. The zero-order valence-electron chi connectivity index (χ0n) is 11.8. The van der Waals surface area contributed by atoms with Gasteiger partial charge in [0.1, 0.15) is 5.69 Å². The number of aromatic nitrogens is 1. The molecule has 0 saturated carbocycles. The van der Waals surface area contributed by atoms with E-state index in [4.69, 9.17) is 15.0 Å². The van der Waals surface area contributed by atoms with E-state index in [0.717, 1.165) is 0 Å². The smallest absolute Gasteiger partial charge is 0.264 e. The van der Waals surface area contributed by atoms with Crippen molar-refractivity contribution >= 4 is 21.6 Å². The normalized spacial score (nSPS) is 11.5. The Morgan fingerprint density at radius 1 is 1.43 bits per heavy atom. The molecule has 0 bridgehead atoms. The molecule has 0 aliphatic heterocycles. The number of nitrogens with zero attached hydrogens (tertiary/aromatic N) is 1. The third-order valence-corrected chi connectivity index (χ3v) is 4.19. The fourth-order valence-electron chi connectivity index (χ4n) is 1.66. The van der Waals surface area contributed by atoms with Gasteiger partial charge in [-0.1, -0.05) is 11.2 Å². The number of anilines is 2. The van der Waals surface area contributed by atoms with Gasteiger partial charge in [-0.3, -0.25) is 0 Å². The Balaban J connectivity index is 2.23. The fraction of sp³-hybridized carbons (Fsp3) is 0.308. The molecule has 2 rings (SSSR count). The van der Waals surface area contributed by atoms with Gasteiger partial charge in [-0.05, 0) is 32.0 Å². The Labute approximate surface area is 123 Å². The molecular formula is C13H17N3O4S. The van der Waals surface area contributed by atoms with Crippen molar-refractivity contribution in [2.24, 2.45) is 0 Å². The molecule has 1 aromatic heterocycles. The van der Waals surface area contributed by atoms with Crippen LogP contribution in [0.25, 0.3) is 0 Å². The lowest BCUT2D eigenvalue weighted by Gasteiger charge is -2.06. The van der Waals surface area contributed by atoms with Gasteiger partial charge >= 0.3 is 0 Å². The van der Waals surface area contributed by atoms with Crippen molar-refractivity contribution in [1.29, 1.82) is 0 Å². The van der Waals surface area contributed by atoms with Crippen LogP contribution in [0.3, 0.4) is 0 Å².